The van der Waals surface area contributed by atoms with Gasteiger partial charge in [0.15, 0.2) is 0 Å². The predicted molar refractivity (Wildman–Crippen MR) is 121 cm³/mol. The number of nitrogens with zero attached hydrogens (tertiary/aromatic N) is 1. The van der Waals surface area contributed by atoms with Gasteiger partial charge in [-0.05, 0) is 72.8 Å². The summed E-state index contributed by atoms with van der Waals surface area (Å²) in [7, 11) is 0. The summed E-state index contributed by atoms with van der Waals surface area (Å²) in [5, 5.41) is 5.34. The molecule has 2 aromatic rings. The minimum atomic E-state index is -4.38. The van der Waals surface area contributed by atoms with Crippen molar-refractivity contribution in [2.24, 2.45) is 5.92 Å². The molecule has 0 atom stereocenters. The molecule has 1 amide bonds. The number of carbonyl (C=O) groups is 2. The first-order valence-electron chi connectivity index (χ1n) is 10.9. The summed E-state index contributed by atoms with van der Waals surface area (Å²) in [5.41, 5.74) is 1.39. The summed E-state index contributed by atoms with van der Waals surface area (Å²) in [6.45, 7) is 3.47. The van der Waals surface area contributed by atoms with Gasteiger partial charge in [-0.25, -0.2) is 0 Å². The van der Waals surface area contributed by atoms with Gasteiger partial charge in [-0.2, -0.15) is 13.2 Å². The Hall–Kier alpha value is -2.42. The molecule has 178 valence electrons. The van der Waals surface area contributed by atoms with E-state index in [1.807, 2.05) is 12.1 Å². The first-order chi connectivity index (χ1) is 15.7. The first kappa shape index (κ1) is 25.2. The lowest BCUT2D eigenvalue weighted by molar-refractivity contribution is -0.137. The third kappa shape index (κ3) is 8.14. The highest BCUT2D eigenvalue weighted by molar-refractivity contribution is 6.67. The molecule has 0 saturated carbocycles. The van der Waals surface area contributed by atoms with Crippen LogP contribution in [0.3, 0.4) is 0 Å². The van der Waals surface area contributed by atoms with Crippen LogP contribution in [0.1, 0.15) is 39.9 Å². The SMILES string of the molecule is O=C(CNCc1cccc(C(F)(F)F)c1)NCC1CCN(Cc2ccc(C(=O)Cl)cc2)CC1. The van der Waals surface area contributed by atoms with Gasteiger partial charge in [-0.15, -0.1) is 0 Å². The van der Waals surface area contributed by atoms with E-state index < -0.39 is 17.0 Å². The Kier molecular flexibility index (Phi) is 8.88. The highest BCUT2D eigenvalue weighted by atomic mass is 35.5. The first-order valence-corrected chi connectivity index (χ1v) is 11.2. The monoisotopic (exact) mass is 481 g/mol. The van der Waals surface area contributed by atoms with Crippen LogP contribution in [0.4, 0.5) is 13.2 Å². The third-order valence-electron chi connectivity index (χ3n) is 5.75. The summed E-state index contributed by atoms with van der Waals surface area (Å²) in [6.07, 6.45) is -2.44. The smallest absolute Gasteiger partial charge is 0.355 e. The number of hydrogen-bond acceptors (Lipinski definition) is 4. The maximum Gasteiger partial charge on any atom is 0.416 e. The Labute approximate surface area is 196 Å². The number of alkyl halides is 3. The Morgan fingerprint density at radius 1 is 1.03 bits per heavy atom. The van der Waals surface area contributed by atoms with Crippen molar-refractivity contribution >= 4 is 22.8 Å². The van der Waals surface area contributed by atoms with E-state index in [0.717, 1.165) is 50.2 Å². The summed E-state index contributed by atoms with van der Waals surface area (Å²) in [6, 6.07) is 12.4. The number of rotatable bonds is 9. The van der Waals surface area contributed by atoms with E-state index in [-0.39, 0.29) is 19.0 Å². The lowest BCUT2D eigenvalue weighted by atomic mass is 9.96. The standard InChI is InChI=1S/C24H27ClF3N3O2/c25-23(33)20-6-4-18(5-7-20)16-31-10-8-17(9-11-31)14-30-22(32)15-29-13-19-2-1-3-21(12-19)24(26,27)28/h1-7,12,17,29H,8-11,13-16H2,(H,30,32). The van der Waals surface area contributed by atoms with E-state index in [1.54, 1.807) is 18.2 Å². The second kappa shape index (κ2) is 11.6. The fourth-order valence-corrected chi connectivity index (χ4v) is 3.97. The van der Waals surface area contributed by atoms with E-state index in [1.165, 1.54) is 6.07 Å². The summed E-state index contributed by atoms with van der Waals surface area (Å²) < 4.78 is 38.3. The molecule has 0 aliphatic carbocycles. The molecule has 2 N–H and O–H groups in total. The van der Waals surface area contributed by atoms with Crippen LogP contribution in [0, 0.1) is 5.92 Å². The van der Waals surface area contributed by atoms with Gasteiger partial charge in [0.1, 0.15) is 0 Å². The number of carbonyl (C=O) groups excluding carboxylic acids is 2. The quantitative estimate of drug-likeness (QED) is 0.527. The molecule has 3 rings (SSSR count). The Balaban J connectivity index is 1.32. The predicted octanol–water partition coefficient (Wildman–Crippen LogP) is 4.20. The molecule has 0 spiro atoms. The number of benzene rings is 2. The molecule has 1 saturated heterocycles. The van der Waals surface area contributed by atoms with Crippen molar-refractivity contribution in [2.75, 3.05) is 26.2 Å². The van der Waals surface area contributed by atoms with Crippen LogP contribution in [0.2, 0.25) is 0 Å². The molecule has 0 bridgehead atoms. The normalized spacial score (nSPS) is 15.4. The van der Waals surface area contributed by atoms with Gasteiger partial charge in [-0.1, -0.05) is 30.3 Å². The largest absolute Gasteiger partial charge is 0.416 e. The molecule has 0 unspecified atom stereocenters. The van der Waals surface area contributed by atoms with Gasteiger partial charge in [0.25, 0.3) is 5.24 Å². The van der Waals surface area contributed by atoms with E-state index in [0.29, 0.717) is 23.6 Å². The van der Waals surface area contributed by atoms with Crippen LogP contribution >= 0.6 is 11.6 Å². The average molecular weight is 482 g/mol. The van der Waals surface area contributed by atoms with Gasteiger partial charge in [0, 0.05) is 25.2 Å². The highest BCUT2D eigenvalue weighted by Crippen LogP contribution is 2.29. The topological polar surface area (TPSA) is 61.4 Å². The van der Waals surface area contributed by atoms with Crippen molar-refractivity contribution in [3.8, 4) is 0 Å². The Bertz CT molecular complexity index is 943. The lowest BCUT2D eigenvalue weighted by Gasteiger charge is -2.32. The van der Waals surface area contributed by atoms with Crippen LogP contribution in [0.5, 0.6) is 0 Å². The minimum Gasteiger partial charge on any atom is -0.355 e. The van der Waals surface area contributed by atoms with Gasteiger partial charge < -0.3 is 10.6 Å². The average Bonchev–Trinajstić information content (AvgIpc) is 2.79. The molecule has 1 heterocycles. The number of likely N-dealkylation sites (tertiary alicyclic amines) is 1. The number of nitrogens with one attached hydrogen (secondary N) is 2. The van der Waals surface area contributed by atoms with E-state index in [2.05, 4.69) is 15.5 Å². The zero-order valence-electron chi connectivity index (χ0n) is 18.1. The minimum absolute atomic E-state index is 0.0515. The number of piperidine rings is 1. The molecule has 2 aromatic carbocycles. The van der Waals surface area contributed by atoms with Crippen molar-refractivity contribution in [1.82, 2.24) is 15.5 Å². The van der Waals surface area contributed by atoms with Crippen molar-refractivity contribution in [3.63, 3.8) is 0 Å². The van der Waals surface area contributed by atoms with Crippen molar-refractivity contribution < 1.29 is 22.8 Å². The van der Waals surface area contributed by atoms with Crippen LogP contribution in [-0.2, 0) is 24.1 Å². The zero-order chi connectivity index (χ0) is 23.8. The molecular weight excluding hydrogens is 455 g/mol. The maximum atomic E-state index is 12.8. The molecule has 1 aliphatic rings. The maximum absolute atomic E-state index is 12.8. The number of hydrogen-bond donors (Lipinski definition) is 2. The van der Waals surface area contributed by atoms with E-state index >= 15 is 0 Å². The fourth-order valence-electron chi connectivity index (χ4n) is 3.85. The van der Waals surface area contributed by atoms with Crippen LogP contribution in [-0.4, -0.2) is 42.2 Å². The van der Waals surface area contributed by atoms with Crippen LogP contribution in [0.25, 0.3) is 0 Å². The van der Waals surface area contributed by atoms with Gasteiger partial charge in [0.2, 0.25) is 5.91 Å². The van der Waals surface area contributed by atoms with Crippen LogP contribution in [0.15, 0.2) is 48.5 Å². The van der Waals surface area contributed by atoms with Crippen molar-refractivity contribution in [3.05, 3.63) is 70.8 Å². The number of amides is 1. The number of halogens is 4. The molecular formula is C24H27ClF3N3O2. The highest BCUT2D eigenvalue weighted by Gasteiger charge is 2.30. The van der Waals surface area contributed by atoms with Crippen molar-refractivity contribution in [1.29, 1.82) is 0 Å². The van der Waals surface area contributed by atoms with E-state index in [9.17, 15) is 22.8 Å². The van der Waals surface area contributed by atoms with Crippen molar-refractivity contribution in [2.45, 2.75) is 32.1 Å². The second-order valence-electron chi connectivity index (χ2n) is 8.30. The molecule has 0 radical (unpaired) electrons. The van der Waals surface area contributed by atoms with E-state index in [4.69, 9.17) is 11.6 Å². The summed E-state index contributed by atoms with van der Waals surface area (Å²) in [5.74, 6) is 0.225. The van der Waals surface area contributed by atoms with Crippen LogP contribution < -0.4 is 10.6 Å². The molecule has 0 aromatic heterocycles. The molecule has 1 fully saturated rings. The van der Waals surface area contributed by atoms with Gasteiger partial charge in [0.05, 0.1) is 12.1 Å². The summed E-state index contributed by atoms with van der Waals surface area (Å²) in [4.78, 5) is 25.6. The lowest BCUT2D eigenvalue weighted by Crippen LogP contribution is -2.40. The molecule has 1 aliphatic heterocycles. The second-order valence-corrected chi connectivity index (χ2v) is 8.64. The zero-order valence-corrected chi connectivity index (χ0v) is 18.9. The molecule has 9 heteroatoms. The Morgan fingerprint density at radius 2 is 1.73 bits per heavy atom. The molecule has 33 heavy (non-hydrogen) atoms. The Morgan fingerprint density at radius 3 is 2.36 bits per heavy atom. The molecule has 5 nitrogen and oxygen atoms in total. The van der Waals surface area contributed by atoms with Gasteiger partial charge in [-0.3, -0.25) is 14.5 Å². The fraction of sp³-hybridized carbons (Fsp3) is 0.417. The van der Waals surface area contributed by atoms with Gasteiger partial charge >= 0.3 is 6.18 Å². The summed E-state index contributed by atoms with van der Waals surface area (Å²) >= 11 is 5.47. The third-order valence-corrected chi connectivity index (χ3v) is 5.97.